The molecule has 6 heteroatoms. The van der Waals surface area contributed by atoms with Gasteiger partial charge in [0.2, 0.25) is 5.91 Å². The Morgan fingerprint density at radius 1 is 1.50 bits per heavy atom. The van der Waals surface area contributed by atoms with Gasteiger partial charge in [-0.25, -0.2) is 4.98 Å². The van der Waals surface area contributed by atoms with Crippen LogP contribution in [0.5, 0.6) is 5.75 Å². The number of hydrogen-bond acceptors (Lipinski definition) is 4. The fraction of sp³-hybridized carbons (Fsp3) is 0.250. The van der Waals surface area contributed by atoms with Gasteiger partial charge in [0.25, 0.3) is 0 Å². The molecule has 2 heterocycles. The number of aryl methyl sites for hydroxylation is 1. The first kappa shape index (κ1) is 12.1. The van der Waals surface area contributed by atoms with E-state index >= 15 is 0 Å². The van der Waals surface area contributed by atoms with Gasteiger partial charge < -0.3 is 15.4 Å². The van der Waals surface area contributed by atoms with E-state index < -0.39 is 0 Å². The maximum absolute atomic E-state index is 10.9. The molecule has 0 fully saturated rings. The minimum Gasteiger partial charge on any atom is -0.505 e. The molecule has 6 nitrogen and oxygen atoms in total. The van der Waals surface area contributed by atoms with Crippen LogP contribution in [0.3, 0.4) is 0 Å². The summed E-state index contributed by atoms with van der Waals surface area (Å²) < 4.78 is 0. The van der Waals surface area contributed by atoms with Crippen molar-refractivity contribution in [2.45, 2.75) is 20.4 Å². The average molecular weight is 246 g/mol. The highest BCUT2D eigenvalue weighted by atomic mass is 16.3. The number of aromatic hydroxyl groups is 1. The molecule has 0 aliphatic carbocycles. The molecule has 0 radical (unpaired) electrons. The SMILES string of the molecule is CC(=O)NCc1cnc(C)c(O)c1-c1ncc[nH]1. The standard InChI is InChI=1S/C12H14N4O2/c1-7-11(18)10(12-13-3-4-14-12)9(5-15-7)6-16-8(2)17/h3-5,18H,6H2,1-2H3,(H,13,14)(H,16,17). The zero-order chi connectivity index (χ0) is 13.1. The predicted octanol–water partition coefficient (Wildman–Crippen LogP) is 1.12. The molecule has 0 bridgehead atoms. The van der Waals surface area contributed by atoms with Crippen LogP contribution in [0.25, 0.3) is 11.4 Å². The summed E-state index contributed by atoms with van der Waals surface area (Å²) in [5.74, 6) is 0.492. The molecule has 0 spiro atoms. The molecule has 2 aromatic rings. The van der Waals surface area contributed by atoms with Crippen molar-refractivity contribution in [2.75, 3.05) is 0 Å². The number of amides is 1. The normalized spacial score (nSPS) is 10.3. The van der Waals surface area contributed by atoms with Crippen LogP contribution < -0.4 is 5.32 Å². The van der Waals surface area contributed by atoms with Crippen LogP contribution in [0.4, 0.5) is 0 Å². The van der Waals surface area contributed by atoms with Crippen molar-refractivity contribution in [3.63, 3.8) is 0 Å². The maximum Gasteiger partial charge on any atom is 0.217 e. The zero-order valence-corrected chi connectivity index (χ0v) is 10.2. The summed E-state index contributed by atoms with van der Waals surface area (Å²) in [6.45, 7) is 3.45. The second-order valence-electron chi connectivity index (χ2n) is 3.94. The largest absolute Gasteiger partial charge is 0.505 e. The van der Waals surface area contributed by atoms with Crippen molar-refractivity contribution < 1.29 is 9.90 Å². The molecule has 18 heavy (non-hydrogen) atoms. The average Bonchev–Trinajstić information content (AvgIpc) is 2.84. The van der Waals surface area contributed by atoms with Crippen LogP contribution in [-0.4, -0.2) is 26.0 Å². The number of imidazole rings is 1. The first-order valence-corrected chi connectivity index (χ1v) is 5.51. The molecule has 0 aliphatic rings. The molecule has 0 unspecified atom stereocenters. The smallest absolute Gasteiger partial charge is 0.217 e. The number of nitrogens with one attached hydrogen (secondary N) is 2. The second kappa shape index (κ2) is 4.87. The van der Waals surface area contributed by atoms with Gasteiger partial charge >= 0.3 is 0 Å². The molecule has 2 rings (SSSR count). The van der Waals surface area contributed by atoms with Gasteiger partial charge in [-0.2, -0.15) is 0 Å². The van der Waals surface area contributed by atoms with Crippen LogP contribution in [-0.2, 0) is 11.3 Å². The third-order valence-electron chi connectivity index (χ3n) is 2.58. The summed E-state index contributed by atoms with van der Waals surface area (Å²) in [7, 11) is 0. The lowest BCUT2D eigenvalue weighted by Crippen LogP contribution is -2.19. The van der Waals surface area contributed by atoms with E-state index in [0.29, 0.717) is 29.2 Å². The maximum atomic E-state index is 10.9. The quantitative estimate of drug-likeness (QED) is 0.757. The number of H-pyrrole nitrogens is 1. The first-order valence-electron chi connectivity index (χ1n) is 5.51. The Morgan fingerprint density at radius 2 is 2.28 bits per heavy atom. The number of carbonyl (C=O) groups is 1. The molecule has 0 saturated heterocycles. The lowest BCUT2D eigenvalue weighted by Gasteiger charge is -2.11. The van der Waals surface area contributed by atoms with Crippen molar-refractivity contribution >= 4 is 5.91 Å². The summed E-state index contributed by atoms with van der Waals surface area (Å²) in [5.41, 5.74) is 1.80. The lowest BCUT2D eigenvalue weighted by molar-refractivity contribution is -0.119. The van der Waals surface area contributed by atoms with Crippen LogP contribution in [0.1, 0.15) is 18.2 Å². The number of carbonyl (C=O) groups excluding carboxylic acids is 1. The second-order valence-corrected chi connectivity index (χ2v) is 3.94. The number of pyridine rings is 1. The Balaban J connectivity index is 2.46. The molecule has 0 atom stereocenters. The van der Waals surface area contributed by atoms with Gasteiger partial charge in [-0.3, -0.25) is 9.78 Å². The van der Waals surface area contributed by atoms with Gasteiger partial charge in [0.05, 0.1) is 11.3 Å². The predicted molar refractivity (Wildman–Crippen MR) is 65.7 cm³/mol. The molecular weight excluding hydrogens is 232 g/mol. The third-order valence-corrected chi connectivity index (χ3v) is 2.58. The van der Waals surface area contributed by atoms with Crippen molar-refractivity contribution in [3.05, 3.63) is 29.8 Å². The van der Waals surface area contributed by atoms with E-state index in [1.54, 1.807) is 25.5 Å². The van der Waals surface area contributed by atoms with Crippen LogP contribution in [0.2, 0.25) is 0 Å². The number of nitrogens with zero attached hydrogens (tertiary/aromatic N) is 2. The highest BCUT2D eigenvalue weighted by Crippen LogP contribution is 2.31. The van der Waals surface area contributed by atoms with E-state index in [0.717, 1.165) is 0 Å². The molecule has 0 aliphatic heterocycles. The summed E-state index contributed by atoms with van der Waals surface area (Å²) >= 11 is 0. The van der Waals surface area contributed by atoms with Gasteiger partial charge in [-0.1, -0.05) is 0 Å². The Morgan fingerprint density at radius 3 is 2.89 bits per heavy atom. The summed E-state index contributed by atoms with van der Waals surface area (Å²) in [6, 6.07) is 0. The van der Waals surface area contributed by atoms with Gasteiger partial charge in [-0.15, -0.1) is 0 Å². The van der Waals surface area contributed by atoms with Crippen LogP contribution in [0, 0.1) is 6.92 Å². The molecule has 3 N–H and O–H groups in total. The molecule has 1 amide bonds. The van der Waals surface area contributed by atoms with E-state index in [2.05, 4.69) is 20.3 Å². The molecule has 94 valence electrons. The zero-order valence-electron chi connectivity index (χ0n) is 10.2. The minimum absolute atomic E-state index is 0.0767. The Labute approximate surface area is 104 Å². The van der Waals surface area contributed by atoms with Crippen LogP contribution in [0.15, 0.2) is 18.6 Å². The van der Waals surface area contributed by atoms with Gasteiger partial charge in [0.15, 0.2) is 0 Å². The monoisotopic (exact) mass is 246 g/mol. The van der Waals surface area contributed by atoms with E-state index in [9.17, 15) is 9.90 Å². The minimum atomic E-state index is -0.138. The highest BCUT2D eigenvalue weighted by Gasteiger charge is 2.15. The number of aromatic amines is 1. The Bertz CT molecular complexity index is 564. The number of hydrogen-bond donors (Lipinski definition) is 3. The fourth-order valence-corrected chi connectivity index (χ4v) is 1.65. The van der Waals surface area contributed by atoms with E-state index in [1.165, 1.54) is 6.92 Å². The Kier molecular flexibility index (Phi) is 3.27. The molecule has 2 aromatic heterocycles. The topological polar surface area (TPSA) is 90.9 Å². The summed E-state index contributed by atoms with van der Waals surface area (Å²) in [5, 5.41) is 12.8. The lowest BCUT2D eigenvalue weighted by atomic mass is 10.1. The summed E-state index contributed by atoms with van der Waals surface area (Å²) in [6.07, 6.45) is 4.91. The van der Waals surface area contributed by atoms with Crippen molar-refractivity contribution in [1.82, 2.24) is 20.3 Å². The van der Waals surface area contributed by atoms with E-state index in [4.69, 9.17) is 0 Å². The van der Waals surface area contributed by atoms with E-state index in [-0.39, 0.29) is 11.7 Å². The van der Waals surface area contributed by atoms with Gasteiger partial charge in [0.1, 0.15) is 11.6 Å². The fourth-order valence-electron chi connectivity index (χ4n) is 1.65. The molecule has 0 saturated carbocycles. The van der Waals surface area contributed by atoms with Crippen molar-refractivity contribution in [1.29, 1.82) is 0 Å². The third kappa shape index (κ3) is 2.32. The van der Waals surface area contributed by atoms with Gasteiger partial charge in [-0.05, 0) is 6.92 Å². The number of aromatic nitrogens is 3. The van der Waals surface area contributed by atoms with Crippen molar-refractivity contribution in [3.8, 4) is 17.1 Å². The Hall–Kier alpha value is -2.37. The van der Waals surface area contributed by atoms with Gasteiger partial charge in [0, 0.05) is 37.6 Å². The molecular formula is C12H14N4O2. The van der Waals surface area contributed by atoms with Crippen molar-refractivity contribution in [2.24, 2.45) is 0 Å². The molecule has 0 aromatic carbocycles. The first-order chi connectivity index (χ1) is 8.59. The van der Waals surface area contributed by atoms with Crippen LogP contribution >= 0.6 is 0 Å². The highest BCUT2D eigenvalue weighted by molar-refractivity contribution is 5.74. The van der Waals surface area contributed by atoms with E-state index in [1.807, 2.05) is 0 Å². The number of rotatable bonds is 3. The summed E-state index contributed by atoms with van der Waals surface area (Å²) in [4.78, 5) is 22.1.